The van der Waals surface area contributed by atoms with Crippen molar-refractivity contribution in [1.29, 1.82) is 5.26 Å². The van der Waals surface area contributed by atoms with Crippen molar-refractivity contribution >= 4 is 21.9 Å². The molecule has 4 heteroatoms. The lowest BCUT2D eigenvalue weighted by atomic mass is 10.0. The number of carbonyl (C=O) groups is 1. The lowest BCUT2D eigenvalue weighted by Gasteiger charge is -2.06. The molecule has 0 radical (unpaired) electrons. The van der Waals surface area contributed by atoms with Gasteiger partial charge in [-0.25, -0.2) is 0 Å². The minimum absolute atomic E-state index is 0.108. The van der Waals surface area contributed by atoms with Crippen molar-refractivity contribution in [3.05, 3.63) is 33.3 Å². The number of aliphatic carboxylic acids is 1. The van der Waals surface area contributed by atoms with E-state index in [0.29, 0.717) is 11.1 Å². The maximum atomic E-state index is 10.6. The zero-order chi connectivity index (χ0) is 11.4. The summed E-state index contributed by atoms with van der Waals surface area (Å²) in [7, 11) is 0. The Morgan fingerprint density at radius 1 is 1.53 bits per heavy atom. The molecule has 0 spiro atoms. The third kappa shape index (κ3) is 2.80. The van der Waals surface area contributed by atoms with Crippen LogP contribution in [0.3, 0.4) is 0 Å². The molecule has 1 aromatic carbocycles. The van der Waals surface area contributed by atoms with Crippen LogP contribution in [0.1, 0.15) is 23.6 Å². The monoisotopic (exact) mass is 267 g/mol. The Kier molecular flexibility index (Phi) is 3.87. The van der Waals surface area contributed by atoms with Gasteiger partial charge in [0.1, 0.15) is 0 Å². The number of halogens is 1. The molecule has 1 aromatic rings. The van der Waals surface area contributed by atoms with Gasteiger partial charge in [-0.1, -0.05) is 28.9 Å². The van der Waals surface area contributed by atoms with Crippen molar-refractivity contribution in [2.45, 2.75) is 19.8 Å². The van der Waals surface area contributed by atoms with E-state index >= 15 is 0 Å². The molecule has 0 saturated carbocycles. The highest BCUT2D eigenvalue weighted by molar-refractivity contribution is 9.10. The number of carboxylic acids is 1. The molecular weight excluding hydrogens is 258 g/mol. The molecule has 0 aliphatic rings. The zero-order valence-electron chi connectivity index (χ0n) is 8.25. The fourth-order valence-corrected chi connectivity index (χ4v) is 1.98. The Morgan fingerprint density at radius 3 is 2.67 bits per heavy atom. The number of hydrogen-bond donors (Lipinski definition) is 1. The van der Waals surface area contributed by atoms with E-state index in [-0.39, 0.29) is 6.42 Å². The highest BCUT2D eigenvalue weighted by atomic mass is 79.9. The van der Waals surface area contributed by atoms with Crippen molar-refractivity contribution in [3.8, 4) is 6.07 Å². The normalized spacial score (nSPS) is 9.67. The van der Waals surface area contributed by atoms with E-state index in [1.807, 2.05) is 13.0 Å². The largest absolute Gasteiger partial charge is 0.481 e. The Labute approximate surface area is 96.5 Å². The number of carboxylic acid groups (broad SMARTS) is 1. The Hall–Kier alpha value is -1.34. The first-order valence-electron chi connectivity index (χ1n) is 4.51. The predicted molar refractivity (Wildman–Crippen MR) is 59.6 cm³/mol. The van der Waals surface area contributed by atoms with Crippen LogP contribution in [-0.2, 0) is 17.6 Å². The first kappa shape index (κ1) is 11.7. The molecular formula is C11H10BrNO2. The van der Waals surface area contributed by atoms with Crippen LogP contribution < -0.4 is 0 Å². The second kappa shape index (κ2) is 4.94. The number of benzene rings is 1. The van der Waals surface area contributed by atoms with Crippen LogP contribution >= 0.6 is 15.9 Å². The van der Waals surface area contributed by atoms with Gasteiger partial charge in [0, 0.05) is 4.47 Å². The van der Waals surface area contributed by atoms with Gasteiger partial charge in [-0.2, -0.15) is 5.26 Å². The van der Waals surface area contributed by atoms with Crippen LogP contribution in [0.15, 0.2) is 16.6 Å². The van der Waals surface area contributed by atoms with Gasteiger partial charge in [0.25, 0.3) is 0 Å². The third-order valence-electron chi connectivity index (χ3n) is 2.12. The Balaban J connectivity index is 3.24. The van der Waals surface area contributed by atoms with Gasteiger partial charge in [-0.15, -0.1) is 0 Å². The van der Waals surface area contributed by atoms with Gasteiger partial charge >= 0.3 is 5.97 Å². The molecule has 0 heterocycles. The summed E-state index contributed by atoms with van der Waals surface area (Å²) < 4.78 is 0.857. The third-order valence-corrected chi connectivity index (χ3v) is 2.85. The summed E-state index contributed by atoms with van der Waals surface area (Å²) in [6.07, 6.45) is 0.697. The number of nitriles is 1. The average molecular weight is 268 g/mol. The average Bonchev–Trinajstić information content (AvgIpc) is 2.19. The Morgan fingerprint density at radius 2 is 2.20 bits per heavy atom. The molecule has 1 rings (SSSR count). The number of nitrogens with zero attached hydrogens (tertiary/aromatic N) is 1. The van der Waals surface area contributed by atoms with E-state index in [1.54, 1.807) is 12.1 Å². The molecule has 0 unspecified atom stereocenters. The molecule has 0 fully saturated rings. The minimum atomic E-state index is -0.920. The zero-order valence-corrected chi connectivity index (χ0v) is 9.84. The van der Waals surface area contributed by atoms with Gasteiger partial charge < -0.3 is 5.11 Å². The fraction of sp³-hybridized carbons (Fsp3) is 0.273. The van der Waals surface area contributed by atoms with Crippen molar-refractivity contribution in [2.75, 3.05) is 0 Å². The summed E-state index contributed by atoms with van der Waals surface area (Å²) in [6, 6.07) is 5.45. The molecule has 0 aliphatic carbocycles. The lowest BCUT2D eigenvalue weighted by molar-refractivity contribution is -0.136. The first-order chi connectivity index (χ1) is 7.08. The molecule has 0 aromatic heterocycles. The molecule has 15 heavy (non-hydrogen) atoms. The quantitative estimate of drug-likeness (QED) is 0.916. The fourth-order valence-electron chi connectivity index (χ4n) is 1.35. The summed E-state index contributed by atoms with van der Waals surface area (Å²) in [5, 5.41) is 17.6. The second-order valence-electron chi connectivity index (χ2n) is 3.14. The van der Waals surface area contributed by atoms with Crippen LogP contribution in [0, 0.1) is 11.3 Å². The molecule has 0 atom stereocenters. The molecule has 78 valence electrons. The van der Waals surface area contributed by atoms with Gasteiger partial charge in [0.2, 0.25) is 0 Å². The predicted octanol–water partition coefficient (Wildman–Crippen LogP) is 2.51. The van der Waals surface area contributed by atoms with Gasteiger partial charge in [0.15, 0.2) is 0 Å². The summed E-state index contributed by atoms with van der Waals surface area (Å²) in [4.78, 5) is 10.6. The number of aryl methyl sites for hydroxylation is 1. The van der Waals surface area contributed by atoms with Crippen LogP contribution in [0.4, 0.5) is 0 Å². The van der Waals surface area contributed by atoms with Gasteiger partial charge in [-0.05, 0) is 23.6 Å². The van der Waals surface area contributed by atoms with Crippen LogP contribution in [-0.4, -0.2) is 11.1 Å². The topological polar surface area (TPSA) is 61.1 Å². The van der Waals surface area contributed by atoms with Crippen molar-refractivity contribution in [1.82, 2.24) is 0 Å². The van der Waals surface area contributed by atoms with E-state index in [9.17, 15) is 4.79 Å². The summed E-state index contributed by atoms with van der Waals surface area (Å²) in [5.74, 6) is -0.920. The standard InChI is InChI=1S/C11H10BrNO2/c1-2-7-3-8(5-11(14)15)9(6-13)4-10(7)12/h3-4H,2,5H2,1H3,(H,14,15). The van der Waals surface area contributed by atoms with Crippen LogP contribution in [0.5, 0.6) is 0 Å². The molecule has 1 N–H and O–H groups in total. The molecule has 0 amide bonds. The van der Waals surface area contributed by atoms with E-state index < -0.39 is 5.97 Å². The lowest BCUT2D eigenvalue weighted by Crippen LogP contribution is -2.03. The highest BCUT2D eigenvalue weighted by Gasteiger charge is 2.10. The van der Waals surface area contributed by atoms with Crippen LogP contribution in [0.2, 0.25) is 0 Å². The summed E-state index contributed by atoms with van der Waals surface area (Å²) in [6.45, 7) is 1.98. The second-order valence-corrected chi connectivity index (χ2v) is 3.99. The number of rotatable bonds is 3. The van der Waals surface area contributed by atoms with E-state index in [4.69, 9.17) is 10.4 Å². The summed E-state index contributed by atoms with van der Waals surface area (Å²) >= 11 is 3.35. The van der Waals surface area contributed by atoms with E-state index in [0.717, 1.165) is 16.5 Å². The molecule has 3 nitrogen and oxygen atoms in total. The minimum Gasteiger partial charge on any atom is -0.481 e. The highest BCUT2D eigenvalue weighted by Crippen LogP contribution is 2.22. The van der Waals surface area contributed by atoms with E-state index in [2.05, 4.69) is 15.9 Å². The molecule has 0 aliphatic heterocycles. The SMILES string of the molecule is CCc1cc(CC(=O)O)c(C#N)cc1Br. The smallest absolute Gasteiger partial charge is 0.307 e. The van der Waals surface area contributed by atoms with Gasteiger partial charge in [-0.3, -0.25) is 4.79 Å². The molecule has 0 saturated heterocycles. The first-order valence-corrected chi connectivity index (χ1v) is 5.31. The van der Waals surface area contributed by atoms with Crippen molar-refractivity contribution in [2.24, 2.45) is 0 Å². The van der Waals surface area contributed by atoms with Crippen molar-refractivity contribution in [3.63, 3.8) is 0 Å². The van der Waals surface area contributed by atoms with Crippen LogP contribution in [0.25, 0.3) is 0 Å². The van der Waals surface area contributed by atoms with E-state index in [1.165, 1.54) is 0 Å². The number of hydrogen-bond acceptors (Lipinski definition) is 2. The maximum absolute atomic E-state index is 10.6. The maximum Gasteiger partial charge on any atom is 0.307 e. The summed E-state index contributed by atoms with van der Waals surface area (Å²) in [5.41, 5.74) is 2.01. The van der Waals surface area contributed by atoms with Gasteiger partial charge in [0.05, 0.1) is 18.1 Å². The van der Waals surface area contributed by atoms with Crippen molar-refractivity contribution < 1.29 is 9.90 Å². The Bertz CT molecular complexity index is 435. The molecule has 0 bridgehead atoms.